The van der Waals surface area contributed by atoms with E-state index in [1.54, 1.807) is 0 Å². The van der Waals surface area contributed by atoms with Gasteiger partial charge in [0.1, 0.15) is 0 Å². The average molecular weight is 260 g/mol. The highest BCUT2D eigenvalue weighted by atomic mass is 16.1. The van der Waals surface area contributed by atoms with Crippen LogP contribution in [0.1, 0.15) is 30.9 Å². The molecule has 2 rings (SSSR count). The van der Waals surface area contributed by atoms with Crippen LogP contribution in [0.15, 0.2) is 24.3 Å². The zero-order valence-electron chi connectivity index (χ0n) is 12.1. The van der Waals surface area contributed by atoms with Gasteiger partial charge in [-0.15, -0.1) is 0 Å². The van der Waals surface area contributed by atoms with Crippen molar-refractivity contribution in [1.82, 2.24) is 10.6 Å². The Bertz CT molecular complexity index is 425. The van der Waals surface area contributed by atoms with E-state index in [4.69, 9.17) is 0 Å². The molecule has 1 aromatic carbocycles. The molecule has 0 aliphatic carbocycles. The molecule has 1 heterocycles. The van der Waals surface area contributed by atoms with Gasteiger partial charge in [0.05, 0.1) is 5.92 Å². The second-order valence-corrected chi connectivity index (χ2v) is 5.92. The Balaban J connectivity index is 2.04. The van der Waals surface area contributed by atoms with Crippen LogP contribution in [0.25, 0.3) is 0 Å². The van der Waals surface area contributed by atoms with Gasteiger partial charge in [-0.3, -0.25) is 4.79 Å². The monoisotopic (exact) mass is 260 g/mol. The molecule has 2 N–H and O–H groups in total. The molecule has 1 aliphatic rings. The summed E-state index contributed by atoms with van der Waals surface area (Å²) in [6.45, 7) is 8.75. The topological polar surface area (TPSA) is 41.1 Å². The first-order valence-electron chi connectivity index (χ1n) is 7.13. The number of carbonyl (C=O) groups is 1. The highest BCUT2D eigenvalue weighted by Gasteiger charge is 2.33. The van der Waals surface area contributed by atoms with Gasteiger partial charge in [0.2, 0.25) is 5.91 Å². The average Bonchev–Trinajstić information content (AvgIpc) is 2.86. The first-order valence-corrected chi connectivity index (χ1v) is 7.13. The molecule has 3 nitrogen and oxygen atoms in total. The lowest BCUT2D eigenvalue weighted by Gasteiger charge is -2.19. The van der Waals surface area contributed by atoms with E-state index in [1.165, 1.54) is 11.1 Å². The standard InChI is InChI=1S/C16H24N2O/c1-11(2)8-18-16(19)15-10-17-9-14(15)13-6-4-12(3)5-7-13/h4-7,11,14-15,17H,8-10H2,1-3H3,(H,18,19). The zero-order chi connectivity index (χ0) is 13.8. The number of hydrogen-bond donors (Lipinski definition) is 2. The third kappa shape index (κ3) is 3.57. The SMILES string of the molecule is Cc1ccc(C2CNCC2C(=O)NCC(C)C)cc1. The van der Waals surface area contributed by atoms with Crippen LogP contribution in [0, 0.1) is 18.8 Å². The van der Waals surface area contributed by atoms with E-state index in [2.05, 4.69) is 55.7 Å². The lowest BCUT2D eigenvalue weighted by Crippen LogP contribution is -2.36. The number of carbonyl (C=O) groups excluding carboxylic acids is 1. The summed E-state index contributed by atoms with van der Waals surface area (Å²) in [5.41, 5.74) is 2.52. The zero-order valence-corrected chi connectivity index (χ0v) is 12.1. The Morgan fingerprint density at radius 1 is 1.32 bits per heavy atom. The minimum absolute atomic E-state index is 0.0569. The summed E-state index contributed by atoms with van der Waals surface area (Å²) in [7, 11) is 0. The molecule has 104 valence electrons. The van der Waals surface area contributed by atoms with Gasteiger partial charge >= 0.3 is 0 Å². The molecule has 19 heavy (non-hydrogen) atoms. The molecule has 0 radical (unpaired) electrons. The molecule has 1 fully saturated rings. The Labute approximate surface area is 115 Å². The normalized spacial score (nSPS) is 22.7. The fourth-order valence-corrected chi connectivity index (χ4v) is 2.55. The van der Waals surface area contributed by atoms with Crippen LogP contribution in [-0.2, 0) is 4.79 Å². The Hall–Kier alpha value is -1.35. The number of hydrogen-bond acceptors (Lipinski definition) is 2. The van der Waals surface area contributed by atoms with Crippen molar-refractivity contribution in [2.24, 2.45) is 11.8 Å². The second-order valence-electron chi connectivity index (χ2n) is 5.92. The largest absolute Gasteiger partial charge is 0.356 e. The van der Waals surface area contributed by atoms with Gasteiger partial charge in [0.15, 0.2) is 0 Å². The summed E-state index contributed by atoms with van der Waals surface area (Å²) >= 11 is 0. The predicted octanol–water partition coefficient (Wildman–Crippen LogP) is 2.07. The van der Waals surface area contributed by atoms with Crippen molar-refractivity contribution in [1.29, 1.82) is 0 Å². The molecule has 1 aromatic rings. The van der Waals surface area contributed by atoms with Crippen LogP contribution in [-0.4, -0.2) is 25.5 Å². The first-order chi connectivity index (χ1) is 9.08. The number of amides is 1. The van der Waals surface area contributed by atoms with Crippen LogP contribution in [0.3, 0.4) is 0 Å². The molecular formula is C16H24N2O. The Morgan fingerprint density at radius 2 is 2.00 bits per heavy atom. The van der Waals surface area contributed by atoms with E-state index < -0.39 is 0 Å². The molecule has 3 heteroatoms. The maximum atomic E-state index is 12.2. The number of aryl methyl sites for hydroxylation is 1. The molecular weight excluding hydrogens is 236 g/mol. The van der Waals surface area contributed by atoms with Crippen LogP contribution in [0.4, 0.5) is 0 Å². The lowest BCUT2D eigenvalue weighted by molar-refractivity contribution is -0.124. The maximum absolute atomic E-state index is 12.2. The van der Waals surface area contributed by atoms with Gasteiger partial charge in [-0.25, -0.2) is 0 Å². The van der Waals surface area contributed by atoms with Crippen molar-refractivity contribution in [3.05, 3.63) is 35.4 Å². The molecule has 2 unspecified atom stereocenters. The molecule has 1 aliphatic heterocycles. The van der Waals surface area contributed by atoms with E-state index in [9.17, 15) is 4.79 Å². The van der Waals surface area contributed by atoms with Gasteiger partial charge in [0.25, 0.3) is 0 Å². The molecule has 0 aromatic heterocycles. The van der Waals surface area contributed by atoms with Gasteiger partial charge < -0.3 is 10.6 Å². The third-order valence-electron chi connectivity index (χ3n) is 3.74. The smallest absolute Gasteiger partial charge is 0.225 e. The highest BCUT2D eigenvalue weighted by molar-refractivity contribution is 5.80. The molecule has 0 spiro atoms. The fraction of sp³-hybridized carbons (Fsp3) is 0.562. The number of nitrogens with one attached hydrogen (secondary N) is 2. The summed E-state index contributed by atoms with van der Waals surface area (Å²) in [6.07, 6.45) is 0. The molecule has 0 bridgehead atoms. The van der Waals surface area contributed by atoms with Crippen LogP contribution < -0.4 is 10.6 Å². The quantitative estimate of drug-likeness (QED) is 0.870. The lowest BCUT2D eigenvalue weighted by atomic mass is 9.88. The van der Waals surface area contributed by atoms with Crippen LogP contribution >= 0.6 is 0 Å². The van der Waals surface area contributed by atoms with Crippen molar-refractivity contribution in [3.63, 3.8) is 0 Å². The van der Waals surface area contributed by atoms with Gasteiger partial charge in [0, 0.05) is 25.6 Å². The van der Waals surface area contributed by atoms with E-state index in [0.29, 0.717) is 11.8 Å². The fourth-order valence-electron chi connectivity index (χ4n) is 2.55. The van der Waals surface area contributed by atoms with Gasteiger partial charge in [-0.05, 0) is 18.4 Å². The minimum atomic E-state index is 0.0569. The minimum Gasteiger partial charge on any atom is -0.356 e. The maximum Gasteiger partial charge on any atom is 0.225 e. The molecule has 2 atom stereocenters. The summed E-state index contributed by atoms with van der Waals surface area (Å²) in [5.74, 6) is 1.04. The Kier molecular flexibility index (Phi) is 4.59. The summed E-state index contributed by atoms with van der Waals surface area (Å²) in [6, 6.07) is 8.54. The van der Waals surface area contributed by atoms with Crippen LogP contribution in [0.2, 0.25) is 0 Å². The second kappa shape index (κ2) is 6.20. The summed E-state index contributed by atoms with van der Waals surface area (Å²) in [4.78, 5) is 12.2. The van der Waals surface area contributed by atoms with Crippen molar-refractivity contribution in [3.8, 4) is 0 Å². The van der Waals surface area contributed by atoms with Crippen molar-refractivity contribution in [2.45, 2.75) is 26.7 Å². The van der Waals surface area contributed by atoms with Crippen LogP contribution in [0.5, 0.6) is 0 Å². The number of benzene rings is 1. The van der Waals surface area contributed by atoms with Gasteiger partial charge in [-0.2, -0.15) is 0 Å². The van der Waals surface area contributed by atoms with E-state index in [0.717, 1.165) is 19.6 Å². The van der Waals surface area contributed by atoms with E-state index in [-0.39, 0.29) is 11.8 Å². The molecule has 0 saturated carbocycles. The molecule has 1 saturated heterocycles. The van der Waals surface area contributed by atoms with E-state index in [1.807, 2.05) is 0 Å². The van der Waals surface area contributed by atoms with Crippen molar-refractivity contribution in [2.75, 3.05) is 19.6 Å². The van der Waals surface area contributed by atoms with E-state index >= 15 is 0 Å². The van der Waals surface area contributed by atoms with Crippen molar-refractivity contribution >= 4 is 5.91 Å². The van der Waals surface area contributed by atoms with Crippen molar-refractivity contribution < 1.29 is 4.79 Å². The number of rotatable bonds is 4. The third-order valence-corrected chi connectivity index (χ3v) is 3.74. The summed E-state index contributed by atoms with van der Waals surface area (Å²) < 4.78 is 0. The van der Waals surface area contributed by atoms with Gasteiger partial charge in [-0.1, -0.05) is 43.7 Å². The summed E-state index contributed by atoms with van der Waals surface area (Å²) in [5, 5.41) is 6.40. The highest BCUT2D eigenvalue weighted by Crippen LogP contribution is 2.28. The predicted molar refractivity (Wildman–Crippen MR) is 78.1 cm³/mol. The molecule has 1 amide bonds. The Morgan fingerprint density at radius 3 is 2.63 bits per heavy atom. The first kappa shape index (κ1) is 14.1.